The minimum atomic E-state index is 1.13. The zero-order chi connectivity index (χ0) is 14.7. The molecule has 2 heteroatoms. The van der Waals surface area contributed by atoms with Crippen LogP contribution in [0.3, 0.4) is 0 Å². The number of hydrogen-bond donors (Lipinski definition) is 0. The van der Waals surface area contributed by atoms with Gasteiger partial charge in [0, 0.05) is 8.95 Å². The summed E-state index contributed by atoms with van der Waals surface area (Å²) in [5.41, 5.74) is 5.49. The smallest absolute Gasteiger partial charge is 0.0175 e. The van der Waals surface area contributed by atoms with E-state index >= 15 is 0 Å². The van der Waals surface area contributed by atoms with Crippen molar-refractivity contribution >= 4 is 44.0 Å². The Morgan fingerprint density at radius 1 is 0.619 bits per heavy atom. The summed E-state index contributed by atoms with van der Waals surface area (Å²) in [4.78, 5) is 0. The van der Waals surface area contributed by atoms with Gasteiger partial charge < -0.3 is 0 Å². The number of rotatable bonds is 2. The summed E-state index contributed by atoms with van der Waals surface area (Å²) < 4.78 is 2.25. The molecule has 0 spiro atoms. The molecule has 2 aromatic carbocycles. The third-order valence-electron chi connectivity index (χ3n) is 3.73. The van der Waals surface area contributed by atoms with E-state index in [2.05, 4.69) is 92.5 Å². The molecule has 0 bridgehead atoms. The first kappa shape index (κ1) is 14.8. The first-order valence-corrected chi connectivity index (χ1v) is 8.72. The van der Waals surface area contributed by atoms with Crippen LogP contribution in [0.15, 0.2) is 68.6 Å². The van der Waals surface area contributed by atoms with E-state index in [0.717, 1.165) is 8.95 Å². The molecule has 106 valence electrons. The Labute approximate surface area is 142 Å². The highest BCUT2D eigenvalue weighted by atomic mass is 79.9. The molecule has 0 unspecified atom stereocenters. The Bertz CT molecular complexity index is 615. The Kier molecular flexibility index (Phi) is 4.77. The molecule has 0 nitrogen and oxygen atoms in total. The molecule has 0 aliphatic heterocycles. The van der Waals surface area contributed by atoms with Crippen molar-refractivity contribution in [1.29, 1.82) is 0 Å². The van der Waals surface area contributed by atoms with Crippen LogP contribution in [0.1, 0.15) is 30.4 Å². The van der Waals surface area contributed by atoms with Gasteiger partial charge in [-0.3, -0.25) is 0 Å². The molecule has 0 N–H and O–H groups in total. The lowest BCUT2D eigenvalue weighted by atomic mass is 10.0. The van der Waals surface area contributed by atoms with Crippen molar-refractivity contribution < 1.29 is 0 Å². The first-order chi connectivity index (χ1) is 10.2. The van der Waals surface area contributed by atoms with Gasteiger partial charge in [-0.2, -0.15) is 0 Å². The van der Waals surface area contributed by atoms with Crippen LogP contribution < -0.4 is 0 Å². The summed E-state index contributed by atoms with van der Waals surface area (Å²) in [7, 11) is 0. The van der Waals surface area contributed by atoms with Crippen LogP contribution in [0.4, 0.5) is 0 Å². The van der Waals surface area contributed by atoms with Gasteiger partial charge >= 0.3 is 0 Å². The van der Waals surface area contributed by atoms with Crippen LogP contribution in [-0.2, 0) is 0 Å². The van der Waals surface area contributed by atoms with Crippen LogP contribution >= 0.6 is 31.9 Å². The molecule has 1 fully saturated rings. The van der Waals surface area contributed by atoms with Gasteiger partial charge in [-0.15, -0.1) is 0 Å². The summed E-state index contributed by atoms with van der Waals surface area (Å²) in [5, 5.41) is 0. The monoisotopic (exact) mass is 402 g/mol. The van der Waals surface area contributed by atoms with Gasteiger partial charge in [-0.25, -0.2) is 0 Å². The highest BCUT2D eigenvalue weighted by Gasteiger charge is 2.13. The fourth-order valence-electron chi connectivity index (χ4n) is 2.64. The largest absolute Gasteiger partial charge is 0.0539 e. The van der Waals surface area contributed by atoms with Crippen molar-refractivity contribution in [2.75, 3.05) is 0 Å². The number of hydrogen-bond acceptors (Lipinski definition) is 0. The Morgan fingerprint density at radius 3 is 1.38 bits per heavy atom. The zero-order valence-electron chi connectivity index (χ0n) is 11.7. The lowest BCUT2D eigenvalue weighted by Gasteiger charge is -2.03. The zero-order valence-corrected chi connectivity index (χ0v) is 14.8. The quantitative estimate of drug-likeness (QED) is 0.513. The van der Waals surface area contributed by atoms with Crippen LogP contribution in [0.5, 0.6) is 0 Å². The maximum atomic E-state index is 3.48. The molecule has 2 aromatic rings. The fraction of sp³-hybridized carbons (Fsp3) is 0.158. The van der Waals surface area contributed by atoms with Crippen molar-refractivity contribution in [3.8, 4) is 0 Å². The first-order valence-electron chi connectivity index (χ1n) is 7.13. The average Bonchev–Trinajstić information content (AvgIpc) is 2.91. The van der Waals surface area contributed by atoms with Crippen molar-refractivity contribution in [3.05, 3.63) is 79.7 Å². The number of halogens is 2. The molecule has 1 aliphatic rings. The fourth-order valence-corrected chi connectivity index (χ4v) is 3.17. The second-order valence-corrected chi connectivity index (χ2v) is 7.13. The SMILES string of the molecule is Brc1ccc(/C=C2/CCC/C2=C\c2ccc(Br)cc2)cc1. The Hall–Kier alpha value is -1.12. The van der Waals surface area contributed by atoms with E-state index < -0.39 is 0 Å². The van der Waals surface area contributed by atoms with Crippen LogP contribution in [0, 0.1) is 0 Å². The van der Waals surface area contributed by atoms with E-state index in [0.29, 0.717) is 0 Å². The molecule has 3 rings (SSSR count). The summed E-state index contributed by atoms with van der Waals surface area (Å²) in [6, 6.07) is 17.0. The van der Waals surface area contributed by atoms with Crippen molar-refractivity contribution in [1.82, 2.24) is 0 Å². The molecule has 21 heavy (non-hydrogen) atoms. The highest BCUT2D eigenvalue weighted by molar-refractivity contribution is 9.10. The minimum Gasteiger partial charge on any atom is -0.0539 e. The van der Waals surface area contributed by atoms with E-state index in [-0.39, 0.29) is 0 Å². The van der Waals surface area contributed by atoms with Crippen molar-refractivity contribution in [3.63, 3.8) is 0 Å². The van der Waals surface area contributed by atoms with Gasteiger partial charge in [0.1, 0.15) is 0 Å². The van der Waals surface area contributed by atoms with Gasteiger partial charge in [-0.05, 0) is 65.8 Å². The maximum absolute atomic E-state index is 3.48. The summed E-state index contributed by atoms with van der Waals surface area (Å²) in [5.74, 6) is 0. The molecule has 1 aliphatic carbocycles. The molecule has 0 aromatic heterocycles. The molecule has 0 saturated heterocycles. The summed E-state index contributed by atoms with van der Waals surface area (Å²) in [6.45, 7) is 0. The van der Waals surface area contributed by atoms with E-state index in [4.69, 9.17) is 0 Å². The van der Waals surface area contributed by atoms with Crippen LogP contribution in [0.2, 0.25) is 0 Å². The molecular formula is C19H16Br2. The normalized spacial score (nSPS) is 18.6. The van der Waals surface area contributed by atoms with E-state index in [1.165, 1.54) is 41.5 Å². The van der Waals surface area contributed by atoms with Crippen molar-refractivity contribution in [2.24, 2.45) is 0 Å². The predicted molar refractivity (Wildman–Crippen MR) is 98.1 cm³/mol. The number of allylic oxidation sites excluding steroid dienone is 2. The maximum Gasteiger partial charge on any atom is 0.0175 e. The van der Waals surface area contributed by atoms with Gasteiger partial charge in [-0.1, -0.05) is 68.3 Å². The molecule has 0 radical (unpaired) electrons. The second kappa shape index (κ2) is 6.76. The van der Waals surface area contributed by atoms with E-state index in [1.807, 2.05) is 0 Å². The van der Waals surface area contributed by atoms with Gasteiger partial charge in [0.15, 0.2) is 0 Å². The second-order valence-electron chi connectivity index (χ2n) is 5.30. The van der Waals surface area contributed by atoms with Gasteiger partial charge in [0.05, 0.1) is 0 Å². The van der Waals surface area contributed by atoms with E-state index in [9.17, 15) is 0 Å². The Balaban J connectivity index is 1.88. The Morgan fingerprint density at radius 2 is 1.00 bits per heavy atom. The molecule has 0 atom stereocenters. The van der Waals surface area contributed by atoms with Crippen LogP contribution in [-0.4, -0.2) is 0 Å². The van der Waals surface area contributed by atoms with Gasteiger partial charge in [0.2, 0.25) is 0 Å². The third kappa shape index (κ3) is 3.96. The molecule has 1 saturated carbocycles. The molecular weight excluding hydrogens is 388 g/mol. The topological polar surface area (TPSA) is 0 Å². The average molecular weight is 404 g/mol. The summed E-state index contributed by atoms with van der Waals surface area (Å²) >= 11 is 6.97. The van der Waals surface area contributed by atoms with Crippen LogP contribution in [0.25, 0.3) is 12.2 Å². The van der Waals surface area contributed by atoms with Crippen molar-refractivity contribution in [2.45, 2.75) is 19.3 Å². The molecule has 0 heterocycles. The van der Waals surface area contributed by atoms with E-state index in [1.54, 1.807) is 0 Å². The predicted octanol–water partition coefficient (Wildman–Crippen LogP) is 6.86. The highest BCUT2D eigenvalue weighted by Crippen LogP contribution is 2.33. The number of benzene rings is 2. The molecule has 0 amide bonds. The van der Waals surface area contributed by atoms with Gasteiger partial charge in [0.25, 0.3) is 0 Å². The third-order valence-corrected chi connectivity index (χ3v) is 4.78. The lowest BCUT2D eigenvalue weighted by molar-refractivity contribution is 0.935. The standard InChI is InChI=1S/C19H16Br2/c20-18-8-4-14(5-9-18)12-16-2-1-3-17(16)13-15-6-10-19(21)11-7-15/h4-13H,1-3H2/b16-12-,17-13+. The lowest BCUT2D eigenvalue weighted by Crippen LogP contribution is -1.82. The minimum absolute atomic E-state index is 1.13. The summed E-state index contributed by atoms with van der Waals surface area (Å²) in [6.07, 6.45) is 8.26.